The number of benzene rings is 1. The molecule has 1 rings (SSSR count). The highest BCUT2D eigenvalue weighted by atomic mass is 19.4. The summed E-state index contributed by atoms with van der Waals surface area (Å²) >= 11 is 0. The van der Waals surface area contributed by atoms with Crippen LogP contribution in [0.3, 0.4) is 0 Å². The number of nitrogens with one attached hydrogen (secondary N) is 2. The summed E-state index contributed by atoms with van der Waals surface area (Å²) in [5.41, 5.74) is 3.73. The minimum Gasteiger partial charge on any atom is -0.352 e. The fourth-order valence-electron chi connectivity index (χ4n) is 1.38. The summed E-state index contributed by atoms with van der Waals surface area (Å²) in [6.07, 6.45) is -5.34. The Morgan fingerprint density at radius 2 is 2.06 bits per heavy atom. The monoisotopic (exact) mass is 261 g/mol. The molecule has 4 N–H and O–H groups in total. The second-order valence-corrected chi connectivity index (χ2v) is 3.81. The quantitative estimate of drug-likeness (QED) is 0.573. The number of aryl methyl sites for hydroxylation is 1. The molecular weight excluding hydrogens is 247 g/mol. The topological polar surface area (TPSA) is 67.1 Å². The van der Waals surface area contributed by atoms with E-state index >= 15 is 0 Å². The fourth-order valence-corrected chi connectivity index (χ4v) is 1.38. The SMILES string of the molecule is Cc1ccc(NN)c(C(=O)NCCC(F)(F)F)c1. The van der Waals surface area contributed by atoms with Gasteiger partial charge in [-0.2, -0.15) is 13.2 Å². The number of nitrogens with two attached hydrogens (primary N) is 1. The van der Waals surface area contributed by atoms with Gasteiger partial charge < -0.3 is 10.7 Å². The van der Waals surface area contributed by atoms with E-state index in [1.54, 1.807) is 25.1 Å². The number of halogens is 3. The van der Waals surface area contributed by atoms with Gasteiger partial charge in [0.05, 0.1) is 17.7 Å². The maximum absolute atomic E-state index is 11.9. The van der Waals surface area contributed by atoms with Crippen molar-refractivity contribution in [1.82, 2.24) is 5.32 Å². The van der Waals surface area contributed by atoms with Crippen molar-refractivity contribution >= 4 is 11.6 Å². The minimum absolute atomic E-state index is 0.222. The predicted octanol–water partition coefficient (Wildman–Crippen LogP) is 1.96. The van der Waals surface area contributed by atoms with Gasteiger partial charge in [0.15, 0.2) is 0 Å². The van der Waals surface area contributed by atoms with Gasteiger partial charge in [-0.1, -0.05) is 11.6 Å². The van der Waals surface area contributed by atoms with E-state index in [2.05, 4.69) is 10.7 Å². The Labute approximate surface area is 102 Å². The molecule has 0 aliphatic carbocycles. The van der Waals surface area contributed by atoms with E-state index in [9.17, 15) is 18.0 Å². The number of carbonyl (C=O) groups excluding carboxylic acids is 1. The molecule has 4 nitrogen and oxygen atoms in total. The molecule has 1 amide bonds. The van der Waals surface area contributed by atoms with Crippen LogP contribution in [0.2, 0.25) is 0 Å². The van der Waals surface area contributed by atoms with Crippen LogP contribution in [-0.2, 0) is 0 Å². The highest BCUT2D eigenvalue weighted by Gasteiger charge is 2.26. The van der Waals surface area contributed by atoms with Crippen LogP contribution in [0, 0.1) is 6.92 Å². The third kappa shape index (κ3) is 4.25. The van der Waals surface area contributed by atoms with E-state index in [4.69, 9.17) is 5.84 Å². The molecule has 0 atom stereocenters. The fraction of sp³-hybridized carbons (Fsp3) is 0.364. The molecule has 18 heavy (non-hydrogen) atoms. The molecule has 0 unspecified atom stereocenters. The average molecular weight is 261 g/mol. The number of rotatable bonds is 4. The molecular formula is C11H14F3N3O. The van der Waals surface area contributed by atoms with Gasteiger partial charge in [0, 0.05) is 6.54 Å². The number of amides is 1. The Morgan fingerprint density at radius 1 is 1.39 bits per heavy atom. The van der Waals surface area contributed by atoms with Crippen LogP contribution in [-0.4, -0.2) is 18.6 Å². The molecule has 7 heteroatoms. The summed E-state index contributed by atoms with van der Waals surface area (Å²) in [5, 5.41) is 2.20. The number of anilines is 1. The first-order valence-corrected chi connectivity index (χ1v) is 5.25. The maximum Gasteiger partial charge on any atom is 0.390 e. The summed E-state index contributed by atoms with van der Waals surface area (Å²) in [5.74, 6) is 4.64. The molecule has 0 fully saturated rings. The summed E-state index contributed by atoms with van der Waals surface area (Å²) in [6.45, 7) is 1.31. The van der Waals surface area contributed by atoms with E-state index in [0.29, 0.717) is 5.69 Å². The standard InChI is InChI=1S/C11H14F3N3O/c1-7-2-3-9(17-15)8(6-7)10(18)16-5-4-11(12,13)14/h2-3,6,17H,4-5,15H2,1H3,(H,16,18). The zero-order valence-electron chi connectivity index (χ0n) is 9.77. The van der Waals surface area contributed by atoms with Crippen molar-refractivity contribution < 1.29 is 18.0 Å². The van der Waals surface area contributed by atoms with Crippen molar-refractivity contribution in [2.24, 2.45) is 5.84 Å². The van der Waals surface area contributed by atoms with E-state index in [-0.39, 0.29) is 5.56 Å². The third-order valence-electron chi connectivity index (χ3n) is 2.27. The summed E-state index contributed by atoms with van der Waals surface area (Å²) in [6, 6.07) is 4.88. The van der Waals surface area contributed by atoms with Crippen molar-refractivity contribution in [3.05, 3.63) is 29.3 Å². The average Bonchev–Trinajstić information content (AvgIpc) is 2.27. The van der Waals surface area contributed by atoms with Gasteiger partial charge in [0.25, 0.3) is 5.91 Å². The largest absolute Gasteiger partial charge is 0.390 e. The van der Waals surface area contributed by atoms with Crippen LogP contribution in [0.15, 0.2) is 18.2 Å². The lowest BCUT2D eigenvalue weighted by Crippen LogP contribution is -2.29. The number of alkyl halides is 3. The molecule has 0 aromatic heterocycles. The van der Waals surface area contributed by atoms with Crippen LogP contribution >= 0.6 is 0 Å². The maximum atomic E-state index is 11.9. The zero-order chi connectivity index (χ0) is 13.8. The lowest BCUT2D eigenvalue weighted by atomic mass is 10.1. The second-order valence-electron chi connectivity index (χ2n) is 3.81. The smallest absolute Gasteiger partial charge is 0.352 e. The summed E-state index contributed by atoms with van der Waals surface area (Å²) in [7, 11) is 0. The van der Waals surface area contributed by atoms with Gasteiger partial charge in [0.2, 0.25) is 0 Å². The third-order valence-corrected chi connectivity index (χ3v) is 2.27. The summed E-state index contributed by atoms with van der Waals surface area (Å²) in [4.78, 5) is 11.7. The number of hydrogen-bond donors (Lipinski definition) is 3. The van der Waals surface area contributed by atoms with Crippen LogP contribution < -0.4 is 16.6 Å². The van der Waals surface area contributed by atoms with Gasteiger partial charge in [-0.3, -0.25) is 10.6 Å². The van der Waals surface area contributed by atoms with Gasteiger partial charge in [0.1, 0.15) is 0 Å². The Bertz CT molecular complexity index is 432. The molecule has 0 radical (unpaired) electrons. The van der Waals surface area contributed by atoms with Gasteiger partial charge >= 0.3 is 6.18 Å². The van der Waals surface area contributed by atoms with Crippen molar-refractivity contribution in [2.75, 3.05) is 12.0 Å². The lowest BCUT2D eigenvalue weighted by Gasteiger charge is -2.11. The molecule has 1 aromatic rings. The molecule has 0 aliphatic heterocycles. The van der Waals surface area contributed by atoms with Crippen LogP contribution in [0.5, 0.6) is 0 Å². The summed E-state index contributed by atoms with van der Waals surface area (Å²) < 4.78 is 35.8. The van der Waals surface area contributed by atoms with Crippen molar-refractivity contribution in [3.8, 4) is 0 Å². The first kappa shape index (κ1) is 14.3. The number of nitrogen functional groups attached to an aromatic ring is 1. The molecule has 0 saturated heterocycles. The lowest BCUT2D eigenvalue weighted by molar-refractivity contribution is -0.132. The Hall–Kier alpha value is -1.76. The molecule has 100 valence electrons. The first-order valence-electron chi connectivity index (χ1n) is 5.25. The van der Waals surface area contributed by atoms with Crippen molar-refractivity contribution in [1.29, 1.82) is 0 Å². The van der Waals surface area contributed by atoms with Gasteiger partial charge in [-0.15, -0.1) is 0 Å². The van der Waals surface area contributed by atoms with E-state index in [0.717, 1.165) is 5.56 Å². The first-order chi connectivity index (χ1) is 8.33. The number of carbonyl (C=O) groups is 1. The highest BCUT2D eigenvalue weighted by molar-refractivity contribution is 5.99. The molecule has 0 aliphatic rings. The predicted molar refractivity (Wildman–Crippen MR) is 62.0 cm³/mol. The molecule has 0 bridgehead atoms. The molecule has 0 spiro atoms. The Morgan fingerprint density at radius 3 is 2.61 bits per heavy atom. The van der Waals surface area contributed by atoms with Crippen LogP contribution in [0.25, 0.3) is 0 Å². The Kier molecular flexibility index (Phi) is 4.55. The zero-order valence-corrected chi connectivity index (χ0v) is 9.77. The minimum atomic E-state index is -4.28. The second kappa shape index (κ2) is 5.72. The van der Waals surface area contributed by atoms with E-state index in [1.807, 2.05) is 0 Å². The van der Waals surface area contributed by atoms with E-state index < -0.39 is 25.0 Å². The van der Waals surface area contributed by atoms with Gasteiger partial charge in [-0.05, 0) is 19.1 Å². The molecule has 0 saturated carbocycles. The Balaban J connectivity index is 2.69. The molecule has 0 heterocycles. The van der Waals surface area contributed by atoms with Crippen LogP contribution in [0.4, 0.5) is 18.9 Å². The normalized spacial score (nSPS) is 11.2. The van der Waals surface area contributed by atoms with Crippen molar-refractivity contribution in [2.45, 2.75) is 19.5 Å². The van der Waals surface area contributed by atoms with E-state index in [1.165, 1.54) is 0 Å². The van der Waals surface area contributed by atoms with Gasteiger partial charge in [-0.25, -0.2) is 0 Å². The van der Waals surface area contributed by atoms with Crippen LogP contribution in [0.1, 0.15) is 22.3 Å². The van der Waals surface area contributed by atoms with Crippen molar-refractivity contribution in [3.63, 3.8) is 0 Å². The number of hydrazine groups is 1. The number of hydrogen-bond acceptors (Lipinski definition) is 3. The highest BCUT2D eigenvalue weighted by Crippen LogP contribution is 2.19. The molecule has 1 aromatic carbocycles.